The average Bonchev–Trinajstić information content (AvgIpc) is 3.39. The smallest absolute Gasteiger partial charge is 0.348 e. The number of benzene rings is 2. The van der Waals surface area contributed by atoms with Crippen molar-refractivity contribution in [2.45, 2.75) is 25.3 Å². The Kier molecular flexibility index (Phi) is 11.2. The molecule has 1 amide bonds. The molecule has 1 N–H and O–H groups in total. The van der Waals surface area contributed by atoms with Crippen molar-refractivity contribution in [3.63, 3.8) is 0 Å². The lowest BCUT2D eigenvalue weighted by molar-refractivity contribution is -0.115. The minimum atomic E-state index is -0.676. The average molecular weight is 646 g/mol. The molecule has 0 bridgehead atoms. The molecular formula is C33H31N3O7S2. The van der Waals surface area contributed by atoms with Crippen molar-refractivity contribution in [2.24, 2.45) is 0 Å². The summed E-state index contributed by atoms with van der Waals surface area (Å²) in [7, 11) is 4.35. The number of ether oxygens (including phenoxy) is 4. The van der Waals surface area contributed by atoms with Crippen molar-refractivity contribution in [3.05, 3.63) is 76.2 Å². The molecule has 2 aromatic carbocycles. The zero-order valence-corrected chi connectivity index (χ0v) is 27.0. The second-order valence-electron chi connectivity index (χ2n) is 9.40. The van der Waals surface area contributed by atoms with Gasteiger partial charge < -0.3 is 24.3 Å². The normalized spacial score (nSPS) is 10.5. The Labute approximate surface area is 269 Å². The Hall–Kier alpha value is -4.86. The highest BCUT2D eigenvalue weighted by atomic mass is 32.2. The number of hydrogen-bond donors (Lipinski definition) is 1. The van der Waals surface area contributed by atoms with Crippen LogP contribution in [0, 0.1) is 18.3 Å². The predicted molar refractivity (Wildman–Crippen MR) is 173 cm³/mol. The summed E-state index contributed by atoms with van der Waals surface area (Å²) in [5, 5.41) is 13.7. The first-order valence-electron chi connectivity index (χ1n) is 13.8. The molecule has 4 aromatic rings. The van der Waals surface area contributed by atoms with Gasteiger partial charge in [0.05, 0.1) is 44.8 Å². The van der Waals surface area contributed by atoms with E-state index in [1.165, 1.54) is 18.9 Å². The first-order valence-corrected chi connectivity index (χ1v) is 15.6. The van der Waals surface area contributed by atoms with E-state index in [0.717, 1.165) is 16.9 Å². The van der Waals surface area contributed by atoms with Crippen LogP contribution in [0.5, 0.6) is 11.5 Å². The molecule has 0 aliphatic heterocycles. The van der Waals surface area contributed by atoms with Crippen LogP contribution in [0.25, 0.3) is 22.4 Å². The molecule has 232 valence electrons. The van der Waals surface area contributed by atoms with Crippen LogP contribution in [0.15, 0.2) is 59.6 Å². The number of pyridine rings is 1. The summed E-state index contributed by atoms with van der Waals surface area (Å²) in [5.41, 5.74) is 3.57. The number of rotatable bonds is 12. The minimum absolute atomic E-state index is 0.0247. The van der Waals surface area contributed by atoms with Crippen LogP contribution in [-0.2, 0) is 14.3 Å². The summed E-state index contributed by atoms with van der Waals surface area (Å²) < 4.78 is 21.0. The van der Waals surface area contributed by atoms with Gasteiger partial charge in [-0.05, 0) is 43.7 Å². The zero-order valence-electron chi connectivity index (χ0n) is 25.4. The maximum absolute atomic E-state index is 13.1. The number of carbonyl (C=O) groups is 3. The SMILES string of the molecule is CCOC(=O)c1sc(NC(=O)CCSc2nc(-c3ccccc3)cc(-c3cc(OC)ccc3OC)c2C#N)c(C(=O)OC)c1C. The lowest BCUT2D eigenvalue weighted by Gasteiger charge is -2.15. The van der Waals surface area contributed by atoms with E-state index in [0.29, 0.717) is 44.5 Å². The molecule has 0 unspecified atom stereocenters. The number of nitrogens with one attached hydrogen (secondary N) is 1. The minimum Gasteiger partial charge on any atom is -0.497 e. The van der Waals surface area contributed by atoms with E-state index in [1.807, 2.05) is 36.4 Å². The van der Waals surface area contributed by atoms with Gasteiger partial charge in [-0.15, -0.1) is 23.1 Å². The third-order valence-corrected chi connectivity index (χ3v) is 8.85. The molecule has 12 heteroatoms. The molecule has 0 spiro atoms. The number of esters is 2. The number of methoxy groups -OCH3 is 3. The third-order valence-electron chi connectivity index (χ3n) is 6.68. The first kappa shape index (κ1) is 33.0. The molecule has 10 nitrogen and oxygen atoms in total. The van der Waals surface area contributed by atoms with Gasteiger partial charge in [0, 0.05) is 28.9 Å². The van der Waals surface area contributed by atoms with Gasteiger partial charge in [-0.1, -0.05) is 30.3 Å². The van der Waals surface area contributed by atoms with E-state index < -0.39 is 17.8 Å². The molecule has 0 radical (unpaired) electrons. The fourth-order valence-corrected chi connectivity index (χ4v) is 6.55. The van der Waals surface area contributed by atoms with Crippen LogP contribution in [0.1, 0.15) is 44.5 Å². The number of hydrogen-bond acceptors (Lipinski definition) is 11. The number of aromatic nitrogens is 1. The summed E-state index contributed by atoms with van der Waals surface area (Å²) in [6, 6.07) is 19.1. The van der Waals surface area contributed by atoms with Gasteiger partial charge in [0.15, 0.2) is 0 Å². The van der Waals surface area contributed by atoms with E-state index in [9.17, 15) is 19.6 Å². The quantitative estimate of drug-likeness (QED) is 0.130. The highest BCUT2D eigenvalue weighted by Crippen LogP contribution is 2.40. The second kappa shape index (κ2) is 15.2. The molecular weight excluding hydrogens is 615 g/mol. The van der Waals surface area contributed by atoms with E-state index in [1.54, 1.807) is 46.3 Å². The molecule has 0 atom stereocenters. The molecule has 0 fully saturated rings. The van der Waals surface area contributed by atoms with Crippen molar-refractivity contribution in [2.75, 3.05) is 39.0 Å². The summed E-state index contributed by atoms with van der Waals surface area (Å²) in [4.78, 5) is 43.0. The highest BCUT2D eigenvalue weighted by molar-refractivity contribution is 7.99. The molecule has 45 heavy (non-hydrogen) atoms. The zero-order chi connectivity index (χ0) is 32.5. The Balaban J connectivity index is 1.64. The lowest BCUT2D eigenvalue weighted by atomic mass is 9.98. The van der Waals surface area contributed by atoms with Gasteiger partial charge in [0.2, 0.25) is 5.91 Å². The van der Waals surface area contributed by atoms with Crippen LogP contribution in [0.3, 0.4) is 0 Å². The molecule has 2 aromatic heterocycles. The number of anilines is 1. The molecule has 2 heterocycles. The van der Waals surface area contributed by atoms with Gasteiger partial charge in [-0.3, -0.25) is 4.79 Å². The van der Waals surface area contributed by atoms with Crippen molar-refractivity contribution < 1.29 is 33.3 Å². The Bertz CT molecular complexity index is 1760. The highest BCUT2D eigenvalue weighted by Gasteiger charge is 2.27. The summed E-state index contributed by atoms with van der Waals surface area (Å²) in [6.07, 6.45) is 0.0247. The van der Waals surface area contributed by atoms with Crippen LogP contribution in [-0.4, -0.2) is 56.5 Å². The largest absolute Gasteiger partial charge is 0.497 e. The Morgan fingerprint density at radius 3 is 2.40 bits per heavy atom. The Morgan fingerprint density at radius 1 is 1.00 bits per heavy atom. The predicted octanol–water partition coefficient (Wildman–Crippen LogP) is 6.76. The standard InChI is InChI=1S/C33H31N3O7S2/c1-6-43-33(39)29-19(2)28(32(38)42-5)31(45-29)36-27(37)14-15-44-30-24(18-34)22(17-25(35-30)20-10-8-7-9-11-20)23-16-21(40-3)12-13-26(23)41-4/h7-13,16-17H,6,14-15H2,1-5H3,(H,36,37). The first-order chi connectivity index (χ1) is 21.8. The molecule has 0 saturated heterocycles. The molecule has 0 aliphatic rings. The molecule has 0 saturated carbocycles. The fourth-order valence-electron chi connectivity index (χ4n) is 4.50. The summed E-state index contributed by atoms with van der Waals surface area (Å²) >= 11 is 2.21. The van der Waals surface area contributed by atoms with Gasteiger partial charge in [-0.2, -0.15) is 5.26 Å². The molecule has 0 aliphatic carbocycles. The monoisotopic (exact) mass is 645 g/mol. The van der Waals surface area contributed by atoms with Crippen molar-refractivity contribution in [1.82, 2.24) is 4.98 Å². The fraction of sp³-hybridized carbons (Fsp3) is 0.242. The second-order valence-corrected chi connectivity index (χ2v) is 11.5. The van der Waals surface area contributed by atoms with Gasteiger partial charge in [-0.25, -0.2) is 14.6 Å². The number of nitrogens with zero attached hydrogens (tertiary/aromatic N) is 2. The number of thiophene rings is 1. The van der Waals surface area contributed by atoms with E-state index in [4.69, 9.17) is 23.9 Å². The molecule has 4 rings (SSSR count). The maximum Gasteiger partial charge on any atom is 0.348 e. The van der Waals surface area contributed by atoms with Crippen molar-refractivity contribution in [3.8, 4) is 40.0 Å². The van der Waals surface area contributed by atoms with Gasteiger partial charge in [0.1, 0.15) is 32.5 Å². The van der Waals surface area contributed by atoms with Gasteiger partial charge >= 0.3 is 11.9 Å². The van der Waals surface area contributed by atoms with E-state index >= 15 is 0 Å². The lowest BCUT2D eigenvalue weighted by Crippen LogP contribution is -2.14. The van der Waals surface area contributed by atoms with Crippen molar-refractivity contribution >= 4 is 45.9 Å². The number of nitriles is 1. The van der Waals surface area contributed by atoms with Crippen LogP contribution in [0.4, 0.5) is 5.00 Å². The summed E-state index contributed by atoms with van der Waals surface area (Å²) in [6.45, 7) is 3.45. The maximum atomic E-state index is 13.1. The van der Waals surface area contributed by atoms with E-state index in [-0.39, 0.29) is 34.2 Å². The number of carbonyl (C=O) groups excluding carboxylic acids is 3. The van der Waals surface area contributed by atoms with Crippen LogP contribution in [0.2, 0.25) is 0 Å². The third kappa shape index (κ3) is 7.45. The van der Waals surface area contributed by atoms with Crippen molar-refractivity contribution in [1.29, 1.82) is 5.26 Å². The summed E-state index contributed by atoms with van der Waals surface area (Å²) in [5.74, 6) is -0.231. The number of thioether (sulfide) groups is 1. The Morgan fingerprint density at radius 2 is 1.76 bits per heavy atom. The topological polar surface area (TPSA) is 137 Å². The number of amides is 1. The van der Waals surface area contributed by atoms with Crippen LogP contribution < -0.4 is 14.8 Å². The van der Waals surface area contributed by atoms with Gasteiger partial charge in [0.25, 0.3) is 0 Å². The van der Waals surface area contributed by atoms with E-state index in [2.05, 4.69) is 11.4 Å². The van der Waals surface area contributed by atoms with Crippen LogP contribution >= 0.6 is 23.1 Å².